The molecule has 0 saturated heterocycles. The molecule has 1 aromatic carbocycles. The van der Waals surface area contributed by atoms with E-state index in [4.69, 9.17) is 0 Å². The lowest BCUT2D eigenvalue weighted by Gasteiger charge is -2.10. The van der Waals surface area contributed by atoms with Gasteiger partial charge in [0.15, 0.2) is 0 Å². The van der Waals surface area contributed by atoms with E-state index >= 15 is 0 Å². The van der Waals surface area contributed by atoms with Crippen molar-refractivity contribution in [1.29, 1.82) is 0 Å². The van der Waals surface area contributed by atoms with Gasteiger partial charge in [0.2, 0.25) is 0 Å². The zero-order valence-corrected chi connectivity index (χ0v) is 9.60. The summed E-state index contributed by atoms with van der Waals surface area (Å²) in [6, 6.07) is 10.8. The molecule has 1 unspecified atom stereocenters. The Balaban J connectivity index is 2.08. The maximum Gasteiger partial charge on any atom is 0.141 e. The van der Waals surface area contributed by atoms with Gasteiger partial charge in [-0.25, -0.2) is 4.39 Å². The Bertz CT molecular complexity index is 479. The fourth-order valence-corrected chi connectivity index (χ4v) is 1.64. The van der Waals surface area contributed by atoms with Gasteiger partial charge in [-0.2, -0.15) is 0 Å². The number of nitrogens with zero attached hydrogens (tertiary/aromatic N) is 1. The summed E-state index contributed by atoms with van der Waals surface area (Å²) in [6.07, 6.45) is 0.908. The number of aryl methyl sites for hydroxylation is 1. The predicted molar refractivity (Wildman–Crippen MR) is 64.0 cm³/mol. The third-order valence-corrected chi connectivity index (χ3v) is 2.64. The molecule has 0 amide bonds. The second-order valence-corrected chi connectivity index (χ2v) is 4.11. The minimum Gasteiger partial charge on any atom is -0.386 e. The van der Waals surface area contributed by atoms with Crippen LogP contribution in [0.25, 0.3) is 0 Å². The molecule has 0 aliphatic heterocycles. The van der Waals surface area contributed by atoms with Crippen molar-refractivity contribution >= 4 is 0 Å². The van der Waals surface area contributed by atoms with Crippen LogP contribution < -0.4 is 0 Å². The van der Waals surface area contributed by atoms with E-state index in [-0.39, 0.29) is 0 Å². The van der Waals surface area contributed by atoms with Crippen LogP contribution in [-0.2, 0) is 6.42 Å². The van der Waals surface area contributed by atoms with Crippen molar-refractivity contribution in [3.05, 3.63) is 65.2 Å². The molecule has 1 N–H and O–H groups in total. The van der Waals surface area contributed by atoms with Crippen LogP contribution in [0.1, 0.15) is 22.9 Å². The quantitative estimate of drug-likeness (QED) is 0.881. The first-order valence-electron chi connectivity index (χ1n) is 5.50. The summed E-state index contributed by atoms with van der Waals surface area (Å²) in [5.41, 5.74) is 2.71. The molecule has 2 nitrogen and oxygen atoms in total. The van der Waals surface area contributed by atoms with E-state index < -0.39 is 11.9 Å². The van der Waals surface area contributed by atoms with E-state index in [2.05, 4.69) is 4.98 Å². The molecule has 0 bridgehead atoms. The molecule has 2 rings (SSSR count). The first-order valence-corrected chi connectivity index (χ1v) is 5.50. The monoisotopic (exact) mass is 231 g/mol. The molecule has 0 aliphatic carbocycles. The van der Waals surface area contributed by atoms with Gasteiger partial charge in [-0.05, 0) is 24.6 Å². The summed E-state index contributed by atoms with van der Waals surface area (Å²) in [5, 5.41) is 9.95. The van der Waals surface area contributed by atoms with Crippen LogP contribution >= 0.6 is 0 Å². The average molecular weight is 231 g/mol. The highest BCUT2D eigenvalue weighted by atomic mass is 19.1. The minimum atomic E-state index is -0.696. The number of halogens is 1. The lowest BCUT2D eigenvalue weighted by atomic mass is 10.0. The van der Waals surface area contributed by atoms with Crippen LogP contribution in [0.5, 0.6) is 0 Å². The summed E-state index contributed by atoms with van der Waals surface area (Å²) in [6.45, 7) is 2.02. The van der Waals surface area contributed by atoms with E-state index in [1.807, 2.05) is 31.2 Å². The molecule has 0 radical (unpaired) electrons. The molecular formula is C14H14FNO. The number of aliphatic hydroxyl groups is 1. The zero-order chi connectivity index (χ0) is 12.3. The molecule has 0 saturated carbocycles. The van der Waals surface area contributed by atoms with Gasteiger partial charge in [0.25, 0.3) is 0 Å². The normalized spacial score (nSPS) is 12.4. The van der Waals surface area contributed by atoms with E-state index in [0.29, 0.717) is 12.1 Å². The summed E-state index contributed by atoms with van der Waals surface area (Å²) in [5.74, 6) is -0.392. The Morgan fingerprint density at radius 3 is 2.47 bits per heavy atom. The van der Waals surface area contributed by atoms with Gasteiger partial charge in [-0.15, -0.1) is 0 Å². The van der Waals surface area contributed by atoms with Crippen LogP contribution in [0, 0.1) is 12.7 Å². The summed E-state index contributed by atoms with van der Waals surface area (Å²) in [4.78, 5) is 3.87. The smallest absolute Gasteiger partial charge is 0.141 e. The van der Waals surface area contributed by atoms with Gasteiger partial charge in [0.1, 0.15) is 5.82 Å². The number of pyridine rings is 1. The summed E-state index contributed by atoms with van der Waals surface area (Å²) >= 11 is 0. The second kappa shape index (κ2) is 5.06. The van der Waals surface area contributed by atoms with Gasteiger partial charge < -0.3 is 5.11 Å². The number of rotatable bonds is 3. The highest BCUT2D eigenvalue weighted by molar-refractivity contribution is 5.23. The van der Waals surface area contributed by atoms with Crippen LogP contribution in [-0.4, -0.2) is 10.1 Å². The Morgan fingerprint density at radius 2 is 1.88 bits per heavy atom. The van der Waals surface area contributed by atoms with Crippen LogP contribution in [0.2, 0.25) is 0 Å². The van der Waals surface area contributed by atoms with Crippen LogP contribution in [0.15, 0.2) is 42.6 Å². The van der Waals surface area contributed by atoms with Crippen molar-refractivity contribution in [3.8, 4) is 0 Å². The number of hydrogen-bond acceptors (Lipinski definition) is 2. The first kappa shape index (κ1) is 11.7. The molecule has 3 heteroatoms. The molecule has 0 aliphatic rings. The fourth-order valence-electron chi connectivity index (χ4n) is 1.64. The van der Waals surface area contributed by atoms with Gasteiger partial charge >= 0.3 is 0 Å². The highest BCUT2D eigenvalue weighted by Crippen LogP contribution is 2.16. The summed E-state index contributed by atoms with van der Waals surface area (Å²) < 4.78 is 12.7. The van der Waals surface area contributed by atoms with E-state index in [0.717, 1.165) is 11.8 Å². The SMILES string of the molecule is Cc1ccc(CC(O)c2ccc(F)cn2)cc1. The Kier molecular flexibility index (Phi) is 3.49. The van der Waals surface area contributed by atoms with Gasteiger partial charge in [0, 0.05) is 6.42 Å². The molecule has 17 heavy (non-hydrogen) atoms. The van der Waals surface area contributed by atoms with Crippen molar-refractivity contribution in [2.45, 2.75) is 19.4 Å². The number of aliphatic hydroxyl groups excluding tert-OH is 1. The molecule has 1 atom stereocenters. The topological polar surface area (TPSA) is 33.1 Å². The Morgan fingerprint density at radius 1 is 1.18 bits per heavy atom. The maximum absolute atomic E-state index is 12.7. The predicted octanol–water partition coefficient (Wildman–Crippen LogP) is 2.81. The van der Waals surface area contributed by atoms with Crippen LogP contribution in [0.3, 0.4) is 0 Å². The lowest BCUT2D eigenvalue weighted by Crippen LogP contribution is -2.04. The largest absolute Gasteiger partial charge is 0.386 e. The van der Waals surface area contributed by atoms with Gasteiger partial charge in [-0.1, -0.05) is 29.8 Å². The van der Waals surface area contributed by atoms with Gasteiger partial charge in [0.05, 0.1) is 18.0 Å². The first-order chi connectivity index (χ1) is 8.15. The molecule has 1 aromatic heterocycles. The fraction of sp³-hybridized carbons (Fsp3) is 0.214. The number of hydrogen-bond donors (Lipinski definition) is 1. The van der Waals surface area contributed by atoms with Gasteiger partial charge in [-0.3, -0.25) is 4.98 Å². The van der Waals surface area contributed by atoms with Crippen molar-refractivity contribution < 1.29 is 9.50 Å². The minimum absolute atomic E-state index is 0.392. The maximum atomic E-state index is 12.7. The molecule has 2 aromatic rings. The standard InChI is InChI=1S/C14H14FNO/c1-10-2-4-11(5-3-10)8-14(17)13-7-6-12(15)9-16-13/h2-7,9,14,17H,8H2,1H3. The van der Waals surface area contributed by atoms with Crippen molar-refractivity contribution in [1.82, 2.24) is 4.98 Å². The Hall–Kier alpha value is -1.74. The second-order valence-electron chi connectivity index (χ2n) is 4.11. The number of aromatic nitrogens is 1. The third-order valence-electron chi connectivity index (χ3n) is 2.64. The molecule has 0 fully saturated rings. The average Bonchev–Trinajstić information content (AvgIpc) is 2.33. The highest BCUT2D eigenvalue weighted by Gasteiger charge is 2.09. The molecular weight excluding hydrogens is 217 g/mol. The third kappa shape index (κ3) is 3.11. The lowest BCUT2D eigenvalue weighted by molar-refractivity contribution is 0.173. The van der Waals surface area contributed by atoms with E-state index in [1.165, 1.54) is 17.7 Å². The Labute approximate surface area is 99.8 Å². The van der Waals surface area contributed by atoms with Crippen LogP contribution in [0.4, 0.5) is 4.39 Å². The van der Waals surface area contributed by atoms with Crippen molar-refractivity contribution in [3.63, 3.8) is 0 Å². The zero-order valence-electron chi connectivity index (χ0n) is 9.60. The summed E-state index contributed by atoms with van der Waals surface area (Å²) in [7, 11) is 0. The number of benzene rings is 1. The van der Waals surface area contributed by atoms with E-state index in [1.54, 1.807) is 0 Å². The molecule has 0 spiro atoms. The van der Waals surface area contributed by atoms with Crippen molar-refractivity contribution in [2.75, 3.05) is 0 Å². The van der Waals surface area contributed by atoms with E-state index in [9.17, 15) is 9.50 Å². The van der Waals surface area contributed by atoms with Crippen molar-refractivity contribution in [2.24, 2.45) is 0 Å². The molecule has 88 valence electrons. The molecule has 1 heterocycles.